The van der Waals surface area contributed by atoms with Gasteiger partial charge in [-0.25, -0.2) is 0 Å². The van der Waals surface area contributed by atoms with E-state index in [9.17, 15) is 20.1 Å². The molecule has 0 aromatic heterocycles. The SMILES string of the molecule is O=C(c1ccc(-c2ccc(O)cc2)cc1)N1CCN(C(O)C2(O)CC2)CC1. The van der Waals surface area contributed by atoms with Crippen LogP contribution >= 0.6 is 0 Å². The summed E-state index contributed by atoms with van der Waals surface area (Å²) in [6, 6.07) is 14.4. The Labute approximate surface area is 158 Å². The smallest absolute Gasteiger partial charge is 0.253 e. The molecule has 2 aliphatic rings. The molecule has 27 heavy (non-hydrogen) atoms. The van der Waals surface area contributed by atoms with Crippen LogP contribution in [0.4, 0.5) is 0 Å². The zero-order valence-electron chi connectivity index (χ0n) is 15.1. The summed E-state index contributed by atoms with van der Waals surface area (Å²) in [5, 5.41) is 29.7. The fraction of sp³-hybridized carbons (Fsp3) is 0.381. The van der Waals surface area contributed by atoms with E-state index in [1.807, 2.05) is 41.3 Å². The van der Waals surface area contributed by atoms with Gasteiger partial charge >= 0.3 is 0 Å². The topological polar surface area (TPSA) is 84.2 Å². The van der Waals surface area contributed by atoms with Gasteiger partial charge in [-0.2, -0.15) is 0 Å². The fourth-order valence-corrected chi connectivity index (χ4v) is 3.54. The molecule has 1 atom stereocenters. The summed E-state index contributed by atoms with van der Waals surface area (Å²) < 4.78 is 0. The van der Waals surface area contributed by atoms with Gasteiger partial charge in [0.05, 0.1) is 0 Å². The third kappa shape index (κ3) is 3.69. The number of carbonyl (C=O) groups excluding carboxylic acids is 1. The van der Waals surface area contributed by atoms with Crippen molar-refractivity contribution in [1.82, 2.24) is 9.80 Å². The second-order valence-electron chi connectivity index (χ2n) is 7.43. The van der Waals surface area contributed by atoms with Crippen molar-refractivity contribution in [3.05, 3.63) is 54.1 Å². The maximum Gasteiger partial charge on any atom is 0.253 e. The number of aliphatic hydroxyl groups excluding tert-OH is 1. The van der Waals surface area contributed by atoms with Gasteiger partial charge in [-0.05, 0) is 48.2 Å². The number of phenolic OH excluding ortho intramolecular Hbond substituents is 1. The van der Waals surface area contributed by atoms with Crippen molar-refractivity contribution in [1.29, 1.82) is 0 Å². The Bertz CT molecular complexity index is 807. The van der Waals surface area contributed by atoms with Gasteiger partial charge in [0.2, 0.25) is 0 Å². The van der Waals surface area contributed by atoms with Crippen molar-refractivity contribution in [2.24, 2.45) is 0 Å². The van der Waals surface area contributed by atoms with Gasteiger partial charge in [0.15, 0.2) is 0 Å². The van der Waals surface area contributed by atoms with E-state index in [0.717, 1.165) is 11.1 Å². The number of rotatable bonds is 4. The minimum atomic E-state index is -0.948. The second kappa shape index (κ2) is 6.96. The molecular weight excluding hydrogens is 344 g/mol. The third-order valence-corrected chi connectivity index (χ3v) is 5.52. The first-order valence-corrected chi connectivity index (χ1v) is 9.29. The third-order valence-electron chi connectivity index (χ3n) is 5.52. The summed E-state index contributed by atoms with van der Waals surface area (Å²) >= 11 is 0. The Morgan fingerprint density at radius 1 is 0.889 bits per heavy atom. The molecule has 1 saturated heterocycles. The molecule has 6 nitrogen and oxygen atoms in total. The van der Waals surface area contributed by atoms with Crippen molar-refractivity contribution in [2.45, 2.75) is 24.7 Å². The van der Waals surface area contributed by atoms with Crippen molar-refractivity contribution in [2.75, 3.05) is 26.2 Å². The number of hydrogen-bond donors (Lipinski definition) is 3. The van der Waals surface area contributed by atoms with Crippen LogP contribution in [-0.2, 0) is 0 Å². The molecule has 0 spiro atoms. The zero-order chi connectivity index (χ0) is 19.0. The van der Waals surface area contributed by atoms with E-state index >= 15 is 0 Å². The van der Waals surface area contributed by atoms with Crippen LogP contribution in [0.1, 0.15) is 23.2 Å². The number of hydrogen-bond acceptors (Lipinski definition) is 5. The lowest BCUT2D eigenvalue weighted by Crippen LogP contribution is -2.55. The van der Waals surface area contributed by atoms with Gasteiger partial charge in [0, 0.05) is 31.7 Å². The fourth-order valence-electron chi connectivity index (χ4n) is 3.54. The monoisotopic (exact) mass is 368 g/mol. The molecule has 0 radical (unpaired) electrons. The molecule has 1 amide bonds. The van der Waals surface area contributed by atoms with E-state index in [1.165, 1.54) is 0 Å². The Hall–Kier alpha value is -2.41. The summed E-state index contributed by atoms with van der Waals surface area (Å²) in [5.74, 6) is 0.204. The lowest BCUT2D eigenvalue weighted by atomic mass is 10.0. The molecular formula is C21H24N2O4. The van der Waals surface area contributed by atoms with Gasteiger partial charge < -0.3 is 20.2 Å². The Morgan fingerprint density at radius 3 is 1.93 bits per heavy atom. The number of carbonyl (C=O) groups is 1. The van der Waals surface area contributed by atoms with Crippen LogP contribution in [0.5, 0.6) is 5.75 Å². The average Bonchev–Trinajstić information content (AvgIpc) is 3.46. The molecule has 2 aromatic carbocycles. The van der Waals surface area contributed by atoms with Crippen molar-refractivity contribution in [3.63, 3.8) is 0 Å². The molecule has 4 rings (SSSR count). The van der Waals surface area contributed by atoms with E-state index in [-0.39, 0.29) is 11.7 Å². The largest absolute Gasteiger partial charge is 0.508 e. The van der Waals surface area contributed by atoms with Crippen LogP contribution in [-0.4, -0.2) is 69.0 Å². The average molecular weight is 368 g/mol. The van der Waals surface area contributed by atoms with Gasteiger partial charge in [-0.3, -0.25) is 9.69 Å². The van der Waals surface area contributed by atoms with E-state index in [0.29, 0.717) is 44.6 Å². The molecule has 1 unspecified atom stereocenters. The Balaban J connectivity index is 1.38. The first-order chi connectivity index (χ1) is 13.0. The highest BCUT2D eigenvalue weighted by atomic mass is 16.4. The number of aromatic hydroxyl groups is 1. The van der Waals surface area contributed by atoms with Gasteiger partial charge in [0.25, 0.3) is 5.91 Å². The van der Waals surface area contributed by atoms with Gasteiger partial charge in [-0.1, -0.05) is 24.3 Å². The molecule has 3 N–H and O–H groups in total. The predicted molar refractivity (Wildman–Crippen MR) is 101 cm³/mol. The lowest BCUT2D eigenvalue weighted by molar-refractivity contribution is -0.108. The first kappa shape index (κ1) is 18.0. The van der Waals surface area contributed by atoms with Crippen LogP contribution < -0.4 is 0 Å². The number of amides is 1. The summed E-state index contributed by atoms with van der Waals surface area (Å²) in [6.45, 7) is 2.18. The van der Waals surface area contributed by atoms with E-state index < -0.39 is 11.8 Å². The zero-order valence-corrected chi connectivity index (χ0v) is 15.1. The molecule has 1 saturated carbocycles. The first-order valence-electron chi connectivity index (χ1n) is 9.29. The van der Waals surface area contributed by atoms with Crippen LogP contribution in [0, 0.1) is 0 Å². The summed E-state index contributed by atoms with van der Waals surface area (Å²) in [7, 11) is 0. The number of phenols is 1. The molecule has 0 bridgehead atoms. The molecule has 1 aliphatic carbocycles. The highest BCUT2D eigenvalue weighted by molar-refractivity contribution is 5.94. The van der Waals surface area contributed by atoms with Gasteiger partial charge in [0.1, 0.15) is 17.6 Å². The summed E-state index contributed by atoms with van der Waals surface area (Å²) in [4.78, 5) is 16.4. The maximum atomic E-state index is 12.7. The maximum absolute atomic E-state index is 12.7. The Kier molecular flexibility index (Phi) is 4.63. The quantitative estimate of drug-likeness (QED) is 0.764. The number of benzene rings is 2. The van der Waals surface area contributed by atoms with Crippen molar-refractivity contribution in [3.8, 4) is 16.9 Å². The highest BCUT2D eigenvalue weighted by Gasteiger charge is 2.50. The van der Waals surface area contributed by atoms with Crippen LogP contribution in [0.25, 0.3) is 11.1 Å². The van der Waals surface area contributed by atoms with E-state index in [4.69, 9.17) is 0 Å². The minimum absolute atomic E-state index is 0.0217. The standard InChI is InChI=1S/C21H24N2O4/c24-18-7-5-16(6-8-18)15-1-3-17(4-2-15)19(25)22-11-13-23(14-12-22)20(26)21(27)9-10-21/h1-8,20,24,26-27H,9-14H2. The number of nitrogens with zero attached hydrogens (tertiary/aromatic N) is 2. The highest BCUT2D eigenvalue weighted by Crippen LogP contribution is 2.39. The molecule has 1 heterocycles. The van der Waals surface area contributed by atoms with Gasteiger partial charge in [-0.15, -0.1) is 0 Å². The van der Waals surface area contributed by atoms with Crippen LogP contribution in [0.2, 0.25) is 0 Å². The lowest BCUT2D eigenvalue weighted by Gasteiger charge is -2.38. The van der Waals surface area contributed by atoms with Crippen molar-refractivity contribution >= 4 is 5.91 Å². The number of aliphatic hydroxyl groups is 2. The van der Waals surface area contributed by atoms with Crippen LogP contribution in [0.3, 0.4) is 0 Å². The van der Waals surface area contributed by atoms with Crippen molar-refractivity contribution < 1.29 is 20.1 Å². The minimum Gasteiger partial charge on any atom is -0.508 e. The Morgan fingerprint density at radius 2 is 1.41 bits per heavy atom. The molecule has 1 aliphatic heterocycles. The predicted octanol–water partition coefficient (Wildman–Crippen LogP) is 1.66. The molecule has 2 fully saturated rings. The van der Waals surface area contributed by atoms with E-state index in [1.54, 1.807) is 17.0 Å². The van der Waals surface area contributed by atoms with Crippen LogP contribution in [0.15, 0.2) is 48.5 Å². The molecule has 2 aromatic rings. The summed E-state index contributed by atoms with van der Waals surface area (Å²) in [6.07, 6.45) is 0.445. The summed E-state index contributed by atoms with van der Waals surface area (Å²) in [5.41, 5.74) is 1.65. The second-order valence-corrected chi connectivity index (χ2v) is 7.43. The molecule has 6 heteroatoms. The normalized spacial score (nSPS) is 20.3. The number of piperazine rings is 1. The molecule has 142 valence electrons. The van der Waals surface area contributed by atoms with E-state index in [2.05, 4.69) is 0 Å².